The Kier molecular flexibility index (Phi) is 7.04. The van der Waals surface area contributed by atoms with Crippen molar-refractivity contribution in [2.24, 2.45) is 0 Å². The highest BCUT2D eigenvalue weighted by atomic mass is 16.5. The van der Waals surface area contributed by atoms with E-state index in [1.807, 2.05) is 0 Å². The average molecular weight is 244 g/mol. The van der Waals surface area contributed by atoms with Crippen molar-refractivity contribution in [3.05, 3.63) is 0 Å². The standard InChI is InChI=1S/C13H28N2O2/c1-12(2)16-10-9-15(4)11-17-13-5-7-14(3)8-6-13/h12-13H,5-11H2,1-4H3. The van der Waals surface area contributed by atoms with Gasteiger partial charge in [0.1, 0.15) is 0 Å². The van der Waals surface area contributed by atoms with Gasteiger partial charge in [-0.25, -0.2) is 0 Å². The molecule has 0 atom stereocenters. The summed E-state index contributed by atoms with van der Waals surface area (Å²) < 4.78 is 11.4. The predicted molar refractivity (Wildman–Crippen MR) is 70.2 cm³/mol. The highest BCUT2D eigenvalue weighted by Gasteiger charge is 2.17. The zero-order valence-corrected chi connectivity index (χ0v) is 11.8. The van der Waals surface area contributed by atoms with Crippen LogP contribution in [0.1, 0.15) is 26.7 Å². The lowest BCUT2D eigenvalue weighted by atomic mass is 10.1. The van der Waals surface area contributed by atoms with Crippen molar-refractivity contribution in [1.29, 1.82) is 0 Å². The first-order chi connectivity index (χ1) is 8.08. The van der Waals surface area contributed by atoms with E-state index in [2.05, 4.69) is 37.7 Å². The first kappa shape index (κ1) is 14.9. The molecule has 0 amide bonds. The van der Waals surface area contributed by atoms with Gasteiger partial charge in [-0.3, -0.25) is 4.90 Å². The Bertz CT molecular complexity index is 192. The van der Waals surface area contributed by atoms with Gasteiger partial charge in [0.05, 0.1) is 25.5 Å². The zero-order valence-electron chi connectivity index (χ0n) is 11.8. The number of ether oxygens (including phenoxy) is 2. The Morgan fingerprint density at radius 2 is 1.94 bits per heavy atom. The van der Waals surface area contributed by atoms with Crippen LogP contribution in [0.3, 0.4) is 0 Å². The molecule has 0 N–H and O–H groups in total. The number of rotatable bonds is 7. The van der Waals surface area contributed by atoms with E-state index in [1.54, 1.807) is 0 Å². The molecule has 1 heterocycles. The third-order valence-corrected chi connectivity index (χ3v) is 3.12. The number of piperidine rings is 1. The van der Waals surface area contributed by atoms with E-state index in [4.69, 9.17) is 9.47 Å². The topological polar surface area (TPSA) is 24.9 Å². The minimum Gasteiger partial charge on any atom is -0.377 e. The number of likely N-dealkylation sites (N-methyl/N-ethyl adjacent to an activating group) is 1. The van der Waals surface area contributed by atoms with Gasteiger partial charge in [0.2, 0.25) is 0 Å². The monoisotopic (exact) mass is 244 g/mol. The minimum atomic E-state index is 0.318. The molecule has 0 radical (unpaired) electrons. The minimum absolute atomic E-state index is 0.318. The molecule has 0 bridgehead atoms. The molecule has 0 spiro atoms. The molecule has 102 valence electrons. The van der Waals surface area contributed by atoms with Crippen LogP contribution in [0.2, 0.25) is 0 Å². The van der Waals surface area contributed by atoms with Gasteiger partial charge in [0, 0.05) is 19.6 Å². The summed E-state index contributed by atoms with van der Waals surface area (Å²) in [4.78, 5) is 4.54. The van der Waals surface area contributed by atoms with Gasteiger partial charge in [-0.15, -0.1) is 0 Å². The van der Waals surface area contributed by atoms with Gasteiger partial charge in [0.15, 0.2) is 0 Å². The Hall–Kier alpha value is -0.160. The Morgan fingerprint density at radius 1 is 1.29 bits per heavy atom. The molecule has 1 fully saturated rings. The maximum Gasteiger partial charge on any atom is 0.0992 e. The lowest BCUT2D eigenvalue weighted by Crippen LogP contribution is -2.36. The van der Waals surface area contributed by atoms with E-state index in [-0.39, 0.29) is 0 Å². The normalized spacial score (nSPS) is 19.4. The maximum absolute atomic E-state index is 5.89. The lowest BCUT2D eigenvalue weighted by Gasteiger charge is -2.30. The molecule has 0 aromatic carbocycles. The molecule has 4 heteroatoms. The molecule has 0 aromatic rings. The van der Waals surface area contributed by atoms with Crippen LogP contribution >= 0.6 is 0 Å². The Morgan fingerprint density at radius 3 is 2.53 bits per heavy atom. The van der Waals surface area contributed by atoms with Crippen LogP contribution in [-0.4, -0.2) is 69.1 Å². The van der Waals surface area contributed by atoms with Crippen LogP contribution in [0.15, 0.2) is 0 Å². The third kappa shape index (κ3) is 6.99. The fraction of sp³-hybridized carbons (Fsp3) is 1.00. The summed E-state index contributed by atoms with van der Waals surface area (Å²) in [6.45, 7) is 8.88. The van der Waals surface area contributed by atoms with Crippen LogP contribution in [0.25, 0.3) is 0 Å². The van der Waals surface area contributed by atoms with Crippen molar-refractivity contribution >= 4 is 0 Å². The number of likely N-dealkylation sites (tertiary alicyclic amines) is 1. The van der Waals surface area contributed by atoms with E-state index in [0.717, 1.165) is 45.8 Å². The zero-order chi connectivity index (χ0) is 12.7. The predicted octanol–water partition coefficient (Wildman–Crippen LogP) is 1.41. The molecular weight excluding hydrogens is 216 g/mol. The van der Waals surface area contributed by atoms with Crippen LogP contribution < -0.4 is 0 Å². The maximum atomic E-state index is 5.89. The second kappa shape index (κ2) is 8.03. The SMILES string of the molecule is CC(C)OCCN(C)COC1CCN(C)CC1. The molecule has 1 aliphatic heterocycles. The first-order valence-corrected chi connectivity index (χ1v) is 6.68. The Labute approximate surface area is 106 Å². The summed E-state index contributed by atoms with van der Waals surface area (Å²) in [6.07, 6.45) is 3.08. The smallest absolute Gasteiger partial charge is 0.0992 e. The summed E-state index contributed by atoms with van der Waals surface area (Å²) in [5.74, 6) is 0. The number of hydrogen-bond acceptors (Lipinski definition) is 4. The largest absolute Gasteiger partial charge is 0.377 e. The van der Waals surface area contributed by atoms with Crippen molar-refractivity contribution in [3.8, 4) is 0 Å². The fourth-order valence-corrected chi connectivity index (χ4v) is 1.89. The lowest BCUT2D eigenvalue weighted by molar-refractivity contribution is -0.0461. The fourth-order valence-electron chi connectivity index (χ4n) is 1.89. The summed E-state index contributed by atoms with van der Waals surface area (Å²) in [5, 5.41) is 0. The van der Waals surface area contributed by atoms with Crippen LogP contribution in [0.4, 0.5) is 0 Å². The number of hydrogen-bond donors (Lipinski definition) is 0. The van der Waals surface area contributed by atoms with Crippen LogP contribution in [0, 0.1) is 0 Å². The quantitative estimate of drug-likeness (QED) is 0.632. The van der Waals surface area contributed by atoms with Crippen LogP contribution in [-0.2, 0) is 9.47 Å². The summed E-state index contributed by atoms with van der Waals surface area (Å²) in [6, 6.07) is 0. The molecule has 0 saturated carbocycles. The van der Waals surface area contributed by atoms with Crippen molar-refractivity contribution in [2.45, 2.75) is 38.9 Å². The van der Waals surface area contributed by atoms with E-state index in [1.165, 1.54) is 0 Å². The summed E-state index contributed by atoms with van der Waals surface area (Å²) >= 11 is 0. The summed E-state index contributed by atoms with van der Waals surface area (Å²) in [5.41, 5.74) is 0. The van der Waals surface area contributed by atoms with Gasteiger partial charge in [-0.05, 0) is 40.8 Å². The van der Waals surface area contributed by atoms with Gasteiger partial charge >= 0.3 is 0 Å². The van der Waals surface area contributed by atoms with Crippen molar-refractivity contribution < 1.29 is 9.47 Å². The average Bonchev–Trinajstić information content (AvgIpc) is 2.28. The Balaban J connectivity index is 2.01. The van der Waals surface area contributed by atoms with Crippen molar-refractivity contribution in [2.75, 3.05) is 47.1 Å². The van der Waals surface area contributed by atoms with Gasteiger partial charge in [0.25, 0.3) is 0 Å². The van der Waals surface area contributed by atoms with Gasteiger partial charge < -0.3 is 14.4 Å². The van der Waals surface area contributed by atoms with E-state index in [0.29, 0.717) is 12.2 Å². The second-order valence-corrected chi connectivity index (χ2v) is 5.30. The van der Waals surface area contributed by atoms with E-state index >= 15 is 0 Å². The molecule has 1 rings (SSSR count). The molecule has 0 aliphatic carbocycles. The highest BCUT2D eigenvalue weighted by Crippen LogP contribution is 2.12. The van der Waals surface area contributed by atoms with Crippen molar-refractivity contribution in [3.63, 3.8) is 0 Å². The van der Waals surface area contributed by atoms with Crippen LogP contribution in [0.5, 0.6) is 0 Å². The van der Waals surface area contributed by atoms with E-state index in [9.17, 15) is 0 Å². The van der Waals surface area contributed by atoms with E-state index < -0.39 is 0 Å². The third-order valence-electron chi connectivity index (χ3n) is 3.12. The molecular formula is C13H28N2O2. The number of nitrogens with zero attached hydrogens (tertiary/aromatic N) is 2. The molecule has 0 aromatic heterocycles. The summed E-state index contributed by atoms with van der Waals surface area (Å²) in [7, 11) is 4.25. The first-order valence-electron chi connectivity index (χ1n) is 6.68. The molecule has 1 aliphatic rings. The molecule has 0 unspecified atom stereocenters. The second-order valence-electron chi connectivity index (χ2n) is 5.30. The molecule has 17 heavy (non-hydrogen) atoms. The van der Waals surface area contributed by atoms with Gasteiger partial charge in [-0.2, -0.15) is 0 Å². The molecule has 4 nitrogen and oxygen atoms in total. The van der Waals surface area contributed by atoms with Gasteiger partial charge in [-0.1, -0.05) is 0 Å². The van der Waals surface area contributed by atoms with Crippen molar-refractivity contribution in [1.82, 2.24) is 9.80 Å². The highest BCUT2D eigenvalue weighted by molar-refractivity contribution is 4.69. The molecule has 1 saturated heterocycles.